The van der Waals surface area contributed by atoms with E-state index in [1.165, 1.54) is 52.0 Å². The Hall–Kier alpha value is -11.6. The van der Waals surface area contributed by atoms with Crippen molar-refractivity contribution < 1.29 is 122 Å². The molecule has 0 fully saturated rings. The Balaban J connectivity index is 3.61. The van der Waals surface area contributed by atoms with E-state index in [9.17, 15) is 122 Å². The van der Waals surface area contributed by atoms with Gasteiger partial charge in [-0.25, -0.2) is 4.79 Å². The van der Waals surface area contributed by atoms with Crippen LogP contribution in [0.15, 0.2) is 29.3 Å². The van der Waals surface area contributed by atoms with E-state index in [-0.39, 0.29) is 94.3 Å². The molecule has 0 spiro atoms. The molecular formula is C75H125N21O25S. The maximum Gasteiger partial charge on any atom is 0.327 e. The number of aromatic hydroxyl groups is 1. The van der Waals surface area contributed by atoms with Crippen molar-refractivity contribution in [3.8, 4) is 5.75 Å². The number of nitrogens with one attached hydrogen (secondary N) is 14. The summed E-state index contributed by atoms with van der Waals surface area (Å²) in [6, 6.07) is -19.3. The number of aliphatic hydroxyl groups excluding tert-OH is 1. The number of unbranched alkanes of at least 4 members (excludes halogenated alkanes) is 2. The van der Waals surface area contributed by atoms with Crippen molar-refractivity contribution in [3.05, 3.63) is 29.8 Å². The number of thiol groups is 1. The standard InChI is InChI=1S/C75H125N21O25S/c1-35(2)29-48(90-68(114)49(30-36(3)4)91-70(116)51(32-56(102)103)89-62(108)43(78)15-10-12-26-76)67(113)88-47(23-25-55(100)101)66(112)87-46(22-24-54(79)99)65(111)85-44(16-11-13-27-77)64(110)86-45(17-14-28-82-75(80)81)63(109)84-38(7)60(106)83-39(8)61(107)95-58(37(5)6)72(118)93-52(33-57(104)105)71(117)96-59(40(9)97)73(119)92-50(31-41-18-20-42(98)21-19-41)69(115)94-53(34-122)74(120)121/h18-21,35-40,43-53,58-59,97-98,122H,10-17,22-34,76-78H2,1-9H3,(H2,79,99)(H,83,106)(H,84,109)(H,85,111)(H,86,110)(H,87,112)(H,88,113)(H,89,108)(H,90,114)(H,91,116)(H,92,119)(H,93,118)(H,94,115)(H,95,107)(H,96,117)(H,100,101)(H,102,103)(H,104,105)(H,120,121)(H4,80,81,82)/t38-,39-,40+,43-,44-,45-,46-,47-,48-,49-,50-,51-,52-,53-,58-,59-/m0/s1. The van der Waals surface area contributed by atoms with Gasteiger partial charge >= 0.3 is 23.9 Å². The number of hydrogen-bond acceptors (Lipinski definition) is 26. The smallest absolute Gasteiger partial charge is 0.327 e. The molecule has 0 aliphatic heterocycles. The molecule has 1 aromatic carbocycles. The quantitative estimate of drug-likeness (QED) is 0.0125. The van der Waals surface area contributed by atoms with E-state index in [1.54, 1.807) is 27.7 Å². The number of amides is 15. The highest BCUT2D eigenvalue weighted by Gasteiger charge is 2.40. The number of aliphatic imine (C=N–C) groups is 1. The maximum atomic E-state index is 14.5. The van der Waals surface area contributed by atoms with Gasteiger partial charge in [0.15, 0.2) is 5.96 Å². The number of carboxylic acid groups (broad SMARTS) is 4. The fourth-order valence-corrected chi connectivity index (χ4v) is 11.9. The minimum Gasteiger partial charge on any atom is -0.508 e. The van der Waals surface area contributed by atoms with Crippen LogP contribution in [0.25, 0.3) is 0 Å². The number of guanidine groups is 1. The van der Waals surface area contributed by atoms with Gasteiger partial charge < -0.3 is 139 Å². The van der Waals surface area contributed by atoms with Crippen molar-refractivity contribution in [2.45, 2.75) is 268 Å². The van der Waals surface area contributed by atoms with Gasteiger partial charge in [0.25, 0.3) is 0 Å². The summed E-state index contributed by atoms with van der Waals surface area (Å²) in [5, 5.41) is 92.6. The number of carbonyl (C=O) groups is 19. The molecule has 1 rings (SSSR count). The molecule has 0 bridgehead atoms. The van der Waals surface area contributed by atoms with Crippen LogP contribution in [0.5, 0.6) is 5.75 Å². The number of phenolic OH excluding ortho intramolecular Hbond substituents is 1. The molecular weight excluding hydrogens is 1630 g/mol. The molecule has 0 aliphatic carbocycles. The van der Waals surface area contributed by atoms with Crippen molar-refractivity contribution in [1.82, 2.24) is 74.4 Å². The SMILES string of the molecule is CC(C)C[C@H](NC(=O)[C@H](CC(C)C)NC(=O)[C@H](CC(=O)O)NC(=O)[C@@H](N)CCCCN)C(=O)N[C@@H](CCC(=O)O)C(=O)N[C@@H](CCC(N)=O)C(=O)N[C@@H](CCCCN)C(=O)N[C@@H](CCCN=C(N)N)C(=O)N[C@@H](C)C(=O)N[C@@H](C)C(=O)N[C@H](C(=O)N[C@@H](CC(=O)O)C(=O)N[C@H](C(=O)N[C@@H](Cc1ccc(O)cc1)C(=O)N[C@@H](CS)C(=O)O)[C@@H](C)O)C(C)C. The molecule has 0 unspecified atom stereocenters. The molecule has 15 amide bonds. The molecule has 0 aromatic heterocycles. The van der Waals surface area contributed by atoms with Crippen LogP contribution in [0.3, 0.4) is 0 Å². The minimum absolute atomic E-state index is 0.0276. The Morgan fingerprint density at radius 2 is 0.738 bits per heavy atom. The van der Waals surface area contributed by atoms with Gasteiger partial charge in [0, 0.05) is 31.6 Å². The summed E-state index contributed by atoms with van der Waals surface area (Å²) in [5.74, 6) is -24.9. The molecule has 122 heavy (non-hydrogen) atoms. The third-order valence-electron chi connectivity index (χ3n) is 18.4. The lowest BCUT2D eigenvalue weighted by Gasteiger charge is -2.29. The third-order valence-corrected chi connectivity index (χ3v) is 18.7. The Labute approximate surface area is 710 Å². The van der Waals surface area contributed by atoms with Gasteiger partial charge in [-0.1, -0.05) is 60.1 Å². The first-order valence-electron chi connectivity index (χ1n) is 39.8. The normalized spacial score (nSPS) is 15.1. The number of carboxylic acids is 4. The van der Waals surface area contributed by atoms with Gasteiger partial charge in [-0.05, 0) is 140 Å². The highest BCUT2D eigenvalue weighted by atomic mass is 32.1. The van der Waals surface area contributed by atoms with E-state index < -0.39 is 260 Å². The lowest BCUT2D eigenvalue weighted by molar-refractivity contribution is -0.142. The van der Waals surface area contributed by atoms with Crippen LogP contribution in [0, 0.1) is 17.8 Å². The summed E-state index contributed by atoms with van der Waals surface area (Å²) in [7, 11) is 0. The lowest BCUT2D eigenvalue weighted by atomic mass is 9.99. The Morgan fingerprint density at radius 3 is 1.16 bits per heavy atom. The summed E-state index contributed by atoms with van der Waals surface area (Å²) in [6.45, 7) is 13.2. The third kappa shape index (κ3) is 42.6. The Kier molecular flexibility index (Phi) is 49.8. The van der Waals surface area contributed by atoms with E-state index in [0.717, 1.165) is 6.92 Å². The number of nitrogens with two attached hydrogens (primary N) is 6. The number of phenols is 1. The van der Waals surface area contributed by atoms with Crippen molar-refractivity contribution >= 4 is 131 Å². The van der Waals surface area contributed by atoms with E-state index in [2.05, 4.69) is 92.1 Å². The molecule has 47 heteroatoms. The van der Waals surface area contributed by atoms with Crippen molar-refractivity contribution in [2.24, 2.45) is 57.1 Å². The second-order valence-corrected chi connectivity index (χ2v) is 30.8. The van der Waals surface area contributed by atoms with Crippen LogP contribution >= 0.6 is 12.6 Å². The fourth-order valence-electron chi connectivity index (χ4n) is 11.7. The molecule has 46 nitrogen and oxygen atoms in total. The molecule has 0 aliphatic rings. The summed E-state index contributed by atoms with van der Waals surface area (Å²) < 4.78 is 0. The molecule has 686 valence electrons. The van der Waals surface area contributed by atoms with E-state index >= 15 is 0 Å². The first-order valence-corrected chi connectivity index (χ1v) is 40.4. The van der Waals surface area contributed by atoms with E-state index in [0.29, 0.717) is 24.9 Å². The highest BCUT2D eigenvalue weighted by molar-refractivity contribution is 7.80. The number of hydrogen-bond donors (Lipinski definition) is 27. The fraction of sp³-hybridized carbons (Fsp3) is 0.653. The maximum absolute atomic E-state index is 14.5. The van der Waals surface area contributed by atoms with Gasteiger partial charge in [0.1, 0.15) is 90.3 Å². The van der Waals surface area contributed by atoms with Crippen molar-refractivity contribution in [1.29, 1.82) is 0 Å². The summed E-state index contributed by atoms with van der Waals surface area (Å²) in [5.41, 5.74) is 34.2. The first-order chi connectivity index (χ1) is 57.0. The number of carbonyl (C=O) groups excluding carboxylic acids is 15. The van der Waals surface area contributed by atoms with Crippen LogP contribution in [0.4, 0.5) is 0 Å². The lowest BCUT2D eigenvalue weighted by Crippen LogP contribution is -2.62. The van der Waals surface area contributed by atoms with E-state index in [1.807, 2.05) is 0 Å². The van der Waals surface area contributed by atoms with Crippen LogP contribution in [-0.2, 0) is 97.5 Å². The number of aliphatic hydroxyl groups is 1. The Morgan fingerprint density at radius 1 is 0.385 bits per heavy atom. The number of rotatable bonds is 60. The van der Waals surface area contributed by atoms with Gasteiger partial charge in [-0.2, -0.15) is 12.6 Å². The van der Waals surface area contributed by atoms with E-state index in [4.69, 9.17) is 34.4 Å². The zero-order chi connectivity index (χ0) is 93.0. The summed E-state index contributed by atoms with van der Waals surface area (Å²) in [4.78, 5) is 260. The van der Waals surface area contributed by atoms with Crippen molar-refractivity contribution in [2.75, 3.05) is 25.4 Å². The van der Waals surface area contributed by atoms with Gasteiger partial charge in [0.05, 0.1) is 25.0 Å². The molecule has 16 atom stereocenters. The molecule has 32 N–H and O–H groups in total. The number of primary amides is 1. The second-order valence-electron chi connectivity index (χ2n) is 30.4. The molecule has 0 saturated carbocycles. The van der Waals surface area contributed by atoms with Crippen LogP contribution in [0.2, 0.25) is 0 Å². The predicted molar refractivity (Wildman–Crippen MR) is 441 cm³/mol. The molecule has 1 aromatic rings. The van der Waals surface area contributed by atoms with Gasteiger partial charge in [0.2, 0.25) is 88.6 Å². The zero-order valence-corrected chi connectivity index (χ0v) is 70.8. The Bertz CT molecular complexity index is 3760. The van der Waals surface area contributed by atoms with Gasteiger partial charge in [-0.15, -0.1) is 0 Å². The topological polar surface area (TPSA) is 783 Å². The largest absolute Gasteiger partial charge is 0.508 e. The average molecular weight is 1750 g/mol. The summed E-state index contributed by atoms with van der Waals surface area (Å²) >= 11 is 3.94. The second kappa shape index (κ2) is 56.1. The molecule has 0 saturated heterocycles. The van der Waals surface area contributed by atoms with Gasteiger partial charge in [-0.3, -0.25) is 91.3 Å². The predicted octanol–water partition coefficient (Wildman–Crippen LogP) is -7.38. The van der Waals surface area contributed by atoms with Crippen LogP contribution in [-0.4, -0.2) is 271 Å². The first kappa shape index (κ1) is 108. The van der Waals surface area contributed by atoms with Crippen molar-refractivity contribution in [3.63, 3.8) is 0 Å². The summed E-state index contributed by atoms with van der Waals surface area (Å²) in [6.07, 6.45) is -6.07. The van der Waals surface area contributed by atoms with Crippen LogP contribution < -0.4 is 109 Å². The average Bonchev–Trinajstić information content (AvgIpc) is 0.850. The number of aliphatic carboxylic acids is 4. The number of benzene rings is 1. The van der Waals surface area contributed by atoms with Crippen LogP contribution in [0.1, 0.15) is 171 Å². The monoisotopic (exact) mass is 1750 g/mol. The minimum atomic E-state index is -2.04. The highest BCUT2D eigenvalue weighted by Crippen LogP contribution is 2.17. The zero-order valence-electron chi connectivity index (χ0n) is 69.9. The molecule has 0 heterocycles. The number of nitrogens with zero attached hydrogens (tertiary/aromatic N) is 1. The molecule has 0 radical (unpaired) electrons.